The number of nitrogen functional groups attached to an aromatic ring is 1. The third kappa shape index (κ3) is 25.7. The molecule has 2 aliphatic heterocycles. The van der Waals surface area contributed by atoms with Crippen LogP contribution in [0, 0.1) is 0 Å². The van der Waals surface area contributed by atoms with Gasteiger partial charge >= 0.3 is 36.1 Å². The van der Waals surface area contributed by atoms with Crippen molar-refractivity contribution < 1.29 is 76.6 Å². The van der Waals surface area contributed by atoms with Crippen molar-refractivity contribution in [3.63, 3.8) is 0 Å². The molecule has 2 unspecified atom stereocenters. The molecule has 602 valence electrons. The molecular formula is C81H106N8O16S6. The molecule has 4 aliphatic rings. The summed E-state index contributed by atoms with van der Waals surface area (Å²) in [5, 5.41) is 31.4. The van der Waals surface area contributed by atoms with Gasteiger partial charge in [0.15, 0.2) is 0 Å². The third-order valence-electron chi connectivity index (χ3n) is 19.1. The van der Waals surface area contributed by atoms with Gasteiger partial charge in [0.2, 0.25) is 0 Å². The number of thiophene rings is 6. The third-order valence-corrected chi connectivity index (χ3v) is 24.6. The Hall–Kier alpha value is -8.62. The molecule has 8 aromatic rings. The van der Waals surface area contributed by atoms with E-state index in [0.717, 1.165) is 128 Å². The number of ether oxygens (including phenoxy) is 7. The number of carboxylic acids is 1. The quantitative estimate of drug-likeness (QED) is 0.0323. The lowest BCUT2D eigenvalue weighted by molar-refractivity contribution is -0.104. The Kier molecular flexibility index (Phi) is 34.1. The van der Waals surface area contributed by atoms with Gasteiger partial charge in [-0.2, -0.15) is 0 Å². The van der Waals surface area contributed by atoms with Gasteiger partial charge in [-0.15, -0.1) is 68.0 Å². The molecule has 0 bridgehead atoms. The molecule has 7 N–H and O–H groups in total. The van der Waals surface area contributed by atoms with Crippen molar-refractivity contribution in [3.05, 3.63) is 169 Å². The Bertz CT molecular complexity index is 4300. The average molecular weight is 1640 g/mol. The van der Waals surface area contributed by atoms with Crippen molar-refractivity contribution in [2.45, 2.75) is 191 Å². The maximum absolute atomic E-state index is 13.2. The first-order valence-electron chi connectivity index (χ1n) is 36.9. The van der Waals surface area contributed by atoms with Gasteiger partial charge in [-0.05, 0) is 223 Å². The highest BCUT2D eigenvalue weighted by molar-refractivity contribution is 7.14. The Morgan fingerprint density at radius 1 is 0.532 bits per heavy atom. The zero-order chi connectivity index (χ0) is 81.0. The minimum absolute atomic E-state index is 0.00170. The number of hydrogen-bond donors (Lipinski definition) is 6. The van der Waals surface area contributed by atoms with E-state index in [0.29, 0.717) is 49.7 Å². The summed E-state index contributed by atoms with van der Waals surface area (Å²) in [6.07, 6.45) is 19.3. The fourth-order valence-corrected chi connectivity index (χ4v) is 18.7. The minimum atomic E-state index is -0.813. The van der Waals surface area contributed by atoms with Crippen LogP contribution in [0.1, 0.15) is 226 Å². The molecule has 24 nitrogen and oxygen atoms in total. The standard InChI is InChI=1S/C27H37N3O4S.C22H29N3O2S.C11H15NO4S.C8H10O2S.C7H8O2S.C6H7NO2S/c1-25(2,3)34-24(32)30(4)20-10-18-35-22(20)23(31)29-16-13-26(21-9-5-8-15-28-21)14-17-33-27(19-26)11-6-7-12-27;1-23-17-7-15-28-19(17)20(26)25-13-10-21(18-6-2-5-12-24-18)11-14-27-22(16-21)8-3-4-9-22;1-11(2,3)16-10(14)12-7-5-6-17-8(7)9(13)15-4;1-3-6-4-5-11-7(6)8(9)10-2;1-2-5-3-4-10-6(5)7(8)9;1-9-6(8)5-4(7)2-3-10-5/h5,8-10,15,18H,6-7,11-14,16-17,19H2,1-4H3,(H,29,31);2,5-7,12,15,23H,3-4,8-11,13-14,16H2,1H3,(H,25,26);5-6H,1-4H3,(H,12,14);4-5H,3H2,1-2H3;3-4H,2H2,1H3,(H,8,9);2-3H,7H2,1H3. The van der Waals surface area contributed by atoms with Crippen LogP contribution >= 0.6 is 68.0 Å². The first-order chi connectivity index (χ1) is 52.9. The number of aromatic nitrogens is 2. The molecule has 10 heterocycles. The topological polar surface area (TPSA) is 325 Å². The number of carbonyl (C=O) groups is 8. The molecule has 0 aromatic carbocycles. The molecular weight excluding hydrogens is 1530 g/mol. The summed E-state index contributed by atoms with van der Waals surface area (Å²) in [5.41, 5.74) is 10.6. The van der Waals surface area contributed by atoms with E-state index in [2.05, 4.69) is 53.7 Å². The molecule has 30 heteroatoms. The SMILES string of the molecule is CCc1ccsc1C(=O)O.CCc1ccsc1C(=O)OC.CN(C(=O)OC(C)(C)C)c1ccsc1C(=O)NCCC1(c2ccccn2)CCOC2(CCCC2)C1.CNc1ccsc1C(=O)NCCC1(c2ccccn2)CCOC2(CCCC2)C1.COC(=O)c1sccc1N.COC(=O)c1sccc1NC(=O)OC(C)(C)C. The van der Waals surface area contributed by atoms with Crippen LogP contribution in [0.2, 0.25) is 0 Å². The minimum Gasteiger partial charge on any atom is -0.477 e. The second kappa shape index (κ2) is 42.3. The van der Waals surface area contributed by atoms with Crippen molar-refractivity contribution in [1.29, 1.82) is 0 Å². The Balaban J connectivity index is 0.000000199. The molecule has 2 aliphatic carbocycles. The van der Waals surface area contributed by atoms with Gasteiger partial charge in [0.25, 0.3) is 11.8 Å². The van der Waals surface area contributed by atoms with E-state index in [1.54, 1.807) is 56.8 Å². The van der Waals surface area contributed by atoms with E-state index < -0.39 is 35.3 Å². The number of pyridine rings is 2. The summed E-state index contributed by atoms with van der Waals surface area (Å²) in [7, 11) is 7.51. The van der Waals surface area contributed by atoms with Crippen LogP contribution in [-0.4, -0.2) is 147 Å². The Labute approximate surface area is 674 Å². The molecule has 2 saturated carbocycles. The van der Waals surface area contributed by atoms with Crippen molar-refractivity contribution in [2.75, 3.05) is 83.0 Å². The second-order valence-corrected chi connectivity index (χ2v) is 34.4. The van der Waals surface area contributed by atoms with E-state index >= 15 is 0 Å². The predicted molar refractivity (Wildman–Crippen MR) is 443 cm³/mol. The fourth-order valence-electron chi connectivity index (χ4n) is 13.8. The summed E-state index contributed by atoms with van der Waals surface area (Å²) in [5.74, 6) is -2.07. The number of amides is 4. The van der Waals surface area contributed by atoms with Gasteiger partial charge in [-0.1, -0.05) is 51.7 Å². The van der Waals surface area contributed by atoms with Gasteiger partial charge in [0.05, 0.1) is 55.3 Å². The summed E-state index contributed by atoms with van der Waals surface area (Å²) in [4.78, 5) is 108. The normalized spacial score (nSPS) is 17.1. The highest BCUT2D eigenvalue weighted by atomic mass is 32.1. The molecule has 2 saturated heterocycles. The Morgan fingerprint density at radius 2 is 0.955 bits per heavy atom. The van der Waals surface area contributed by atoms with Crippen LogP contribution in [0.25, 0.3) is 0 Å². The number of methoxy groups -OCH3 is 3. The predicted octanol–water partition coefficient (Wildman–Crippen LogP) is 18.2. The molecule has 4 fully saturated rings. The van der Waals surface area contributed by atoms with Crippen molar-refractivity contribution in [2.24, 2.45) is 0 Å². The molecule has 12 rings (SSSR count). The largest absolute Gasteiger partial charge is 0.477 e. The van der Waals surface area contributed by atoms with Crippen LogP contribution < -0.4 is 31.9 Å². The number of nitrogens with zero attached hydrogens (tertiary/aromatic N) is 3. The lowest BCUT2D eigenvalue weighted by atomic mass is 9.68. The molecule has 0 radical (unpaired) electrons. The van der Waals surface area contributed by atoms with Gasteiger partial charge in [0, 0.05) is 75.0 Å². The van der Waals surface area contributed by atoms with Crippen LogP contribution in [0.5, 0.6) is 0 Å². The number of esters is 3. The first-order valence-corrected chi connectivity index (χ1v) is 42.2. The highest BCUT2D eigenvalue weighted by Gasteiger charge is 2.50. The maximum Gasteiger partial charge on any atom is 0.414 e. The number of anilines is 4. The van der Waals surface area contributed by atoms with Crippen molar-refractivity contribution in [1.82, 2.24) is 20.6 Å². The van der Waals surface area contributed by atoms with E-state index in [1.165, 1.54) is 120 Å². The monoisotopic (exact) mass is 1640 g/mol. The van der Waals surface area contributed by atoms with Crippen LogP contribution in [-0.2, 0) is 56.8 Å². The highest BCUT2D eigenvalue weighted by Crippen LogP contribution is 2.51. The lowest BCUT2D eigenvalue weighted by Crippen LogP contribution is -2.47. The summed E-state index contributed by atoms with van der Waals surface area (Å²) in [6, 6.07) is 23.1. The van der Waals surface area contributed by atoms with Crippen molar-refractivity contribution >= 4 is 139 Å². The number of aryl methyl sites for hydroxylation is 2. The molecule has 111 heavy (non-hydrogen) atoms. The zero-order valence-corrected chi connectivity index (χ0v) is 70.5. The number of nitrogens with two attached hydrogens (primary N) is 1. The number of nitrogens with one attached hydrogen (secondary N) is 4. The van der Waals surface area contributed by atoms with Gasteiger partial charge in [-0.25, -0.2) is 28.8 Å². The van der Waals surface area contributed by atoms with Crippen LogP contribution in [0.4, 0.5) is 32.3 Å². The molecule has 2 atom stereocenters. The lowest BCUT2D eigenvalue weighted by Gasteiger charge is -2.46. The smallest absolute Gasteiger partial charge is 0.414 e. The number of carbonyl (C=O) groups excluding carboxylic acids is 7. The number of rotatable bonds is 19. The Morgan fingerprint density at radius 3 is 1.41 bits per heavy atom. The van der Waals surface area contributed by atoms with Gasteiger partial charge < -0.3 is 59.9 Å². The summed E-state index contributed by atoms with van der Waals surface area (Å²) < 4.78 is 36.8. The van der Waals surface area contributed by atoms with E-state index in [9.17, 15) is 38.4 Å². The number of aromatic carboxylic acids is 1. The summed E-state index contributed by atoms with van der Waals surface area (Å²) in [6.45, 7) is 17.4. The van der Waals surface area contributed by atoms with Gasteiger partial charge in [0.1, 0.15) is 40.5 Å². The van der Waals surface area contributed by atoms with Crippen LogP contribution in [0.15, 0.2) is 117 Å². The average Bonchev–Trinajstić information content (AvgIpc) is 1.75. The molecule has 2 spiro atoms. The molecule has 8 aromatic heterocycles. The zero-order valence-electron chi connectivity index (χ0n) is 65.6. The summed E-state index contributed by atoms with van der Waals surface area (Å²) >= 11 is 7.99. The number of hydrogen-bond acceptors (Lipinski definition) is 25. The first kappa shape index (κ1) is 89.6. The van der Waals surface area contributed by atoms with E-state index in [-0.39, 0.29) is 45.8 Å². The van der Waals surface area contributed by atoms with Gasteiger partial charge in [-0.3, -0.25) is 29.8 Å². The van der Waals surface area contributed by atoms with E-state index in [4.69, 9.17) is 39.8 Å². The molecule has 4 amide bonds. The maximum atomic E-state index is 13.2. The van der Waals surface area contributed by atoms with E-state index in [1.807, 2.05) is 112 Å². The van der Waals surface area contributed by atoms with Crippen LogP contribution in [0.3, 0.4) is 0 Å². The fraction of sp³-hybridized carbons (Fsp3) is 0.481. The number of carboxylic acid groups (broad SMARTS) is 1. The second-order valence-electron chi connectivity index (χ2n) is 29.0. The van der Waals surface area contributed by atoms with Crippen molar-refractivity contribution in [3.8, 4) is 0 Å².